The van der Waals surface area contributed by atoms with E-state index >= 15 is 0 Å². The molecule has 3 rings (SSSR count). The van der Waals surface area contributed by atoms with Gasteiger partial charge in [0.15, 0.2) is 5.76 Å². The van der Waals surface area contributed by atoms with Crippen molar-refractivity contribution in [2.75, 3.05) is 6.54 Å². The van der Waals surface area contributed by atoms with Gasteiger partial charge in [-0.1, -0.05) is 5.16 Å². The van der Waals surface area contributed by atoms with Gasteiger partial charge in [0.05, 0.1) is 12.7 Å². The summed E-state index contributed by atoms with van der Waals surface area (Å²) in [5.41, 5.74) is 0. The topological polar surface area (TPSA) is 46.3 Å². The van der Waals surface area contributed by atoms with Gasteiger partial charge in [-0.3, -0.25) is 9.69 Å². The molecule has 1 aromatic rings. The van der Waals surface area contributed by atoms with E-state index in [2.05, 4.69) is 10.1 Å². The number of carbonyl (C=O) groups is 1. The normalized spacial score (nSPS) is 30.2. The van der Waals surface area contributed by atoms with Crippen molar-refractivity contribution in [3.05, 3.63) is 18.0 Å². The molecule has 4 nitrogen and oxygen atoms in total. The summed E-state index contributed by atoms with van der Waals surface area (Å²) in [7, 11) is 0. The van der Waals surface area contributed by atoms with Crippen molar-refractivity contribution in [3.63, 3.8) is 0 Å². The Balaban J connectivity index is 1.69. The third-order valence-electron chi connectivity index (χ3n) is 4.08. The Morgan fingerprint density at radius 2 is 2.35 bits per heavy atom. The van der Waals surface area contributed by atoms with E-state index in [-0.39, 0.29) is 5.92 Å². The lowest BCUT2D eigenvalue weighted by molar-refractivity contribution is -0.122. The van der Waals surface area contributed by atoms with Crippen molar-refractivity contribution < 1.29 is 9.32 Å². The highest BCUT2D eigenvalue weighted by Gasteiger charge is 2.38. The predicted octanol–water partition coefficient (Wildman–Crippen LogP) is 2.01. The molecule has 2 aliphatic rings. The van der Waals surface area contributed by atoms with Crippen molar-refractivity contribution >= 4 is 5.78 Å². The van der Waals surface area contributed by atoms with Crippen molar-refractivity contribution in [3.8, 4) is 0 Å². The predicted molar refractivity (Wildman–Crippen MR) is 62.3 cm³/mol. The summed E-state index contributed by atoms with van der Waals surface area (Å²) >= 11 is 0. The second-order valence-corrected chi connectivity index (χ2v) is 5.12. The lowest BCUT2D eigenvalue weighted by Crippen LogP contribution is -2.36. The van der Waals surface area contributed by atoms with Crippen LogP contribution in [0, 0.1) is 5.92 Å². The van der Waals surface area contributed by atoms with E-state index in [1.807, 2.05) is 6.07 Å². The average molecular weight is 234 g/mol. The van der Waals surface area contributed by atoms with Crippen LogP contribution in [-0.2, 0) is 11.3 Å². The molecule has 2 fully saturated rings. The summed E-state index contributed by atoms with van der Waals surface area (Å²) in [6.07, 6.45) is 6.98. The first-order chi connectivity index (χ1) is 8.34. The Kier molecular flexibility index (Phi) is 2.97. The standard InChI is InChI=1S/C13H18N2O2/c16-13-5-1-3-11(13)12-4-2-8-15(12)9-10-6-7-14-17-10/h6-7,11-12H,1-5,8-9H2. The molecule has 1 aliphatic heterocycles. The summed E-state index contributed by atoms with van der Waals surface area (Å²) < 4.78 is 5.16. The minimum absolute atomic E-state index is 0.278. The van der Waals surface area contributed by atoms with Crippen molar-refractivity contribution in [2.24, 2.45) is 5.92 Å². The van der Waals surface area contributed by atoms with Gasteiger partial charge in [0.1, 0.15) is 5.78 Å². The molecule has 0 aromatic carbocycles. The van der Waals surface area contributed by atoms with Crippen LogP contribution in [0.4, 0.5) is 0 Å². The molecule has 92 valence electrons. The molecule has 0 amide bonds. The Labute approximate surface area is 101 Å². The molecule has 1 saturated carbocycles. The van der Waals surface area contributed by atoms with E-state index in [4.69, 9.17) is 4.52 Å². The second-order valence-electron chi connectivity index (χ2n) is 5.12. The van der Waals surface area contributed by atoms with Gasteiger partial charge in [-0.05, 0) is 32.2 Å². The lowest BCUT2D eigenvalue weighted by Gasteiger charge is -2.27. The van der Waals surface area contributed by atoms with E-state index < -0.39 is 0 Å². The van der Waals surface area contributed by atoms with Crippen LogP contribution in [0.2, 0.25) is 0 Å². The number of rotatable bonds is 3. The molecule has 2 heterocycles. The van der Waals surface area contributed by atoms with Gasteiger partial charge in [-0.25, -0.2) is 0 Å². The first kappa shape index (κ1) is 11.0. The molecular formula is C13H18N2O2. The number of hydrogen-bond acceptors (Lipinski definition) is 4. The summed E-state index contributed by atoms with van der Waals surface area (Å²) in [5, 5.41) is 3.73. The number of carbonyl (C=O) groups excluding carboxylic acids is 1. The highest BCUT2D eigenvalue weighted by atomic mass is 16.5. The monoisotopic (exact) mass is 234 g/mol. The fourth-order valence-corrected chi connectivity index (χ4v) is 3.28. The van der Waals surface area contributed by atoms with Gasteiger partial charge in [0.25, 0.3) is 0 Å². The van der Waals surface area contributed by atoms with Gasteiger partial charge in [0, 0.05) is 24.4 Å². The van der Waals surface area contributed by atoms with E-state index in [1.54, 1.807) is 6.20 Å². The van der Waals surface area contributed by atoms with Crippen molar-refractivity contribution in [2.45, 2.75) is 44.7 Å². The molecule has 2 atom stereocenters. The highest BCUT2D eigenvalue weighted by Crippen LogP contribution is 2.33. The molecule has 17 heavy (non-hydrogen) atoms. The van der Waals surface area contributed by atoms with Crippen LogP contribution in [0.5, 0.6) is 0 Å². The van der Waals surface area contributed by atoms with E-state index in [0.29, 0.717) is 11.8 Å². The van der Waals surface area contributed by atoms with Crippen LogP contribution >= 0.6 is 0 Å². The quantitative estimate of drug-likeness (QED) is 0.802. The van der Waals surface area contributed by atoms with E-state index in [9.17, 15) is 4.79 Å². The van der Waals surface area contributed by atoms with E-state index in [0.717, 1.165) is 44.5 Å². The minimum Gasteiger partial charge on any atom is -0.360 e. The number of nitrogens with zero attached hydrogens (tertiary/aromatic N) is 2. The maximum absolute atomic E-state index is 11.8. The zero-order valence-corrected chi connectivity index (χ0v) is 9.97. The van der Waals surface area contributed by atoms with Gasteiger partial charge in [-0.15, -0.1) is 0 Å². The summed E-state index contributed by atoms with van der Waals surface area (Å²) in [6, 6.07) is 2.35. The van der Waals surface area contributed by atoms with Crippen LogP contribution in [0.3, 0.4) is 0 Å². The maximum Gasteiger partial charge on any atom is 0.150 e. The fourth-order valence-electron chi connectivity index (χ4n) is 3.28. The summed E-state index contributed by atoms with van der Waals surface area (Å²) in [4.78, 5) is 14.2. The number of hydrogen-bond donors (Lipinski definition) is 0. The van der Waals surface area contributed by atoms with Gasteiger partial charge in [-0.2, -0.15) is 0 Å². The molecule has 2 unspecified atom stereocenters. The van der Waals surface area contributed by atoms with Crippen LogP contribution in [0.1, 0.15) is 37.9 Å². The SMILES string of the molecule is O=C1CCCC1C1CCCN1Cc1ccno1. The van der Waals surface area contributed by atoms with Gasteiger partial charge in [0.2, 0.25) is 0 Å². The van der Waals surface area contributed by atoms with E-state index in [1.165, 1.54) is 6.42 Å². The molecule has 1 saturated heterocycles. The fraction of sp³-hybridized carbons (Fsp3) is 0.692. The molecule has 0 bridgehead atoms. The van der Waals surface area contributed by atoms with Crippen LogP contribution in [-0.4, -0.2) is 28.4 Å². The number of likely N-dealkylation sites (tertiary alicyclic amines) is 1. The molecule has 1 aromatic heterocycles. The Bertz CT molecular complexity index is 388. The van der Waals surface area contributed by atoms with Gasteiger partial charge >= 0.3 is 0 Å². The van der Waals surface area contributed by atoms with Crippen LogP contribution in [0.15, 0.2) is 16.8 Å². The third-order valence-corrected chi connectivity index (χ3v) is 4.08. The number of Topliss-reactive ketones (excluding diaryl/α,β-unsaturated/α-hetero) is 1. The van der Waals surface area contributed by atoms with Crippen LogP contribution in [0.25, 0.3) is 0 Å². The first-order valence-corrected chi connectivity index (χ1v) is 6.51. The molecule has 0 spiro atoms. The zero-order chi connectivity index (χ0) is 11.7. The molecule has 1 aliphatic carbocycles. The zero-order valence-electron chi connectivity index (χ0n) is 9.97. The molecule has 0 N–H and O–H groups in total. The Hall–Kier alpha value is -1.16. The lowest BCUT2D eigenvalue weighted by atomic mass is 9.95. The molecular weight excluding hydrogens is 216 g/mol. The third kappa shape index (κ3) is 2.14. The maximum atomic E-state index is 11.8. The van der Waals surface area contributed by atoms with Crippen LogP contribution < -0.4 is 0 Å². The van der Waals surface area contributed by atoms with Crippen molar-refractivity contribution in [1.82, 2.24) is 10.1 Å². The van der Waals surface area contributed by atoms with Crippen molar-refractivity contribution in [1.29, 1.82) is 0 Å². The summed E-state index contributed by atoms with van der Waals surface area (Å²) in [6.45, 7) is 1.88. The minimum atomic E-state index is 0.278. The summed E-state index contributed by atoms with van der Waals surface area (Å²) in [5.74, 6) is 1.65. The highest BCUT2D eigenvalue weighted by molar-refractivity contribution is 5.83. The Morgan fingerprint density at radius 1 is 1.41 bits per heavy atom. The molecule has 0 radical (unpaired) electrons. The largest absolute Gasteiger partial charge is 0.360 e. The number of ketones is 1. The molecule has 4 heteroatoms. The Morgan fingerprint density at radius 3 is 3.06 bits per heavy atom. The second kappa shape index (κ2) is 4.61. The smallest absolute Gasteiger partial charge is 0.150 e. The first-order valence-electron chi connectivity index (χ1n) is 6.51. The van der Waals surface area contributed by atoms with Gasteiger partial charge < -0.3 is 4.52 Å². The average Bonchev–Trinajstić information content (AvgIpc) is 3.00. The number of aromatic nitrogens is 1.